The normalized spacial score (nSPS) is 10.0. The van der Waals surface area contributed by atoms with Crippen LogP contribution in [0.2, 0.25) is 0 Å². The highest BCUT2D eigenvalue weighted by molar-refractivity contribution is 5.71. The minimum absolute atomic E-state index is 0.138. The molecule has 0 spiro atoms. The maximum absolute atomic E-state index is 11.3. The van der Waals surface area contributed by atoms with Crippen LogP contribution in [0.4, 0.5) is 4.79 Å². The van der Waals surface area contributed by atoms with Crippen LogP contribution in [0.5, 0.6) is 0 Å². The van der Waals surface area contributed by atoms with Crippen molar-refractivity contribution in [2.45, 2.75) is 53.1 Å². The molecule has 0 aromatic heterocycles. The van der Waals surface area contributed by atoms with Gasteiger partial charge < -0.3 is 14.8 Å². The predicted molar refractivity (Wildman–Crippen MR) is 94.7 cm³/mol. The van der Waals surface area contributed by atoms with Gasteiger partial charge in [-0.15, -0.1) is 6.42 Å². The Morgan fingerprint density at radius 2 is 1.83 bits per heavy atom. The monoisotopic (exact) mass is 333 g/mol. The van der Waals surface area contributed by atoms with Crippen molar-refractivity contribution in [3.05, 3.63) is 0 Å². The van der Waals surface area contributed by atoms with Gasteiger partial charge >= 0.3 is 12.1 Å². The molecule has 5 nitrogen and oxygen atoms in total. The number of rotatable bonds is 5. The van der Waals surface area contributed by atoms with Crippen molar-refractivity contribution < 1.29 is 19.1 Å². The number of nitrogens with one attached hydrogen (secondary N) is 1. The fourth-order valence-electron chi connectivity index (χ4n) is 1.36. The Bertz CT molecular complexity index is 544. The van der Waals surface area contributed by atoms with Gasteiger partial charge in [0.15, 0.2) is 0 Å². The second kappa shape index (κ2) is 14.0. The quantitative estimate of drug-likeness (QED) is 0.477. The van der Waals surface area contributed by atoms with Gasteiger partial charge in [-0.1, -0.05) is 12.8 Å². The summed E-state index contributed by atoms with van der Waals surface area (Å²) in [5.41, 5.74) is -0.483. The molecule has 0 aliphatic heterocycles. The van der Waals surface area contributed by atoms with E-state index in [0.717, 1.165) is 6.42 Å². The third-order valence-electron chi connectivity index (χ3n) is 2.41. The molecule has 1 atom stereocenters. The van der Waals surface area contributed by atoms with Gasteiger partial charge in [0.25, 0.3) is 0 Å². The number of hydrogen-bond donors (Lipinski definition) is 1. The number of terminal acetylenes is 1. The summed E-state index contributed by atoms with van der Waals surface area (Å²) in [6.45, 7) is 9.45. The molecular formula is C19H27NO4. The molecule has 1 N–H and O–H groups in total. The minimum atomic E-state index is -0.483. The Hall–Kier alpha value is -2.58. The number of methoxy groups -OCH3 is 1. The van der Waals surface area contributed by atoms with E-state index in [-0.39, 0.29) is 11.9 Å². The lowest BCUT2D eigenvalue weighted by atomic mass is 10.1. The molecule has 0 saturated carbocycles. The van der Waals surface area contributed by atoms with Crippen LogP contribution < -0.4 is 5.32 Å². The van der Waals surface area contributed by atoms with Crippen LogP contribution in [0.25, 0.3) is 0 Å². The molecular weight excluding hydrogens is 306 g/mol. The van der Waals surface area contributed by atoms with Crippen LogP contribution >= 0.6 is 0 Å². The molecule has 0 aliphatic carbocycles. The van der Waals surface area contributed by atoms with Gasteiger partial charge in [0.1, 0.15) is 5.60 Å². The van der Waals surface area contributed by atoms with E-state index in [1.807, 2.05) is 20.8 Å². The third-order valence-corrected chi connectivity index (χ3v) is 2.41. The topological polar surface area (TPSA) is 64.6 Å². The van der Waals surface area contributed by atoms with Crippen molar-refractivity contribution >= 4 is 12.1 Å². The van der Waals surface area contributed by atoms with Crippen molar-refractivity contribution in [1.82, 2.24) is 5.32 Å². The van der Waals surface area contributed by atoms with Gasteiger partial charge in [-0.25, -0.2) is 4.79 Å². The average molecular weight is 333 g/mol. The summed E-state index contributed by atoms with van der Waals surface area (Å²) in [5.74, 6) is 11.7. The molecule has 5 heteroatoms. The molecule has 0 heterocycles. The molecule has 0 aromatic carbocycles. The predicted octanol–water partition coefficient (Wildman–Crippen LogP) is 2.75. The SMILES string of the molecule is C#CC#CC#CC.COC(=O)[C@@H](C)CCCNC(=O)OC(C)(C)C. The first kappa shape index (κ1) is 23.7. The molecule has 0 aromatic rings. The fourth-order valence-corrected chi connectivity index (χ4v) is 1.36. The molecule has 0 fully saturated rings. The first-order valence-corrected chi connectivity index (χ1v) is 7.60. The van der Waals surface area contributed by atoms with E-state index in [4.69, 9.17) is 11.2 Å². The molecule has 24 heavy (non-hydrogen) atoms. The van der Waals surface area contributed by atoms with Crippen molar-refractivity contribution in [1.29, 1.82) is 0 Å². The maximum atomic E-state index is 11.3. The first-order valence-electron chi connectivity index (χ1n) is 7.60. The Kier molecular flexibility index (Phi) is 13.9. The highest BCUT2D eigenvalue weighted by Gasteiger charge is 2.16. The lowest BCUT2D eigenvalue weighted by molar-refractivity contribution is -0.145. The molecule has 132 valence electrons. The lowest BCUT2D eigenvalue weighted by Crippen LogP contribution is -2.33. The molecule has 1 amide bonds. The first-order chi connectivity index (χ1) is 11.2. The highest BCUT2D eigenvalue weighted by atomic mass is 16.6. The van der Waals surface area contributed by atoms with Crippen LogP contribution in [0, 0.1) is 41.9 Å². The van der Waals surface area contributed by atoms with Gasteiger partial charge in [-0.3, -0.25) is 4.79 Å². The number of ether oxygens (including phenoxy) is 2. The van der Waals surface area contributed by atoms with Crippen molar-refractivity contribution in [3.63, 3.8) is 0 Å². The number of esters is 1. The Morgan fingerprint density at radius 3 is 2.29 bits per heavy atom. The second-order valence-electron chi connectivity index (χ2n) is 5.76. The number of hydrogen-bond acceptors (Lipinski definition) is 4. The second-order valence-corrected chi connectivity index (χ2v) is 5.76. The van der Waals surface area contributed by atoms with Crippen molar-refractivity contribution in [3.8, 4) is 36.0 Å². The molecule has 0 aliphatic rings. The summed E-state index contributed by atoms with van der Waals surface area (Å²) in [6, 6.07) is 0. The van der Waals surface area contributed by atoms with Crippen LogP contribution in [-0.4, -0.2) is 31.3 Å². The number of alkyl carbamates (subject to hydrolysis) is 1. The third kappa shape index (κ3) is 17.5. The summed E-state index contributed by atoms with van der Waals surface area (Å²) < 4.78 is 9.68. The fraction of sp³-hybridized carbons (Fsp3) is 0.579. The standard InChI is InChI=1S/C12H23NO4.C7H4/c1-9(10(14)16-5)7-6-8-13-11(15)17-12(2,3)4;1-3-5-7-6-4-2/h9H,6-8H2,1-5H3,(H,13,15);1H,2H3/t9-;/m0./s1. The lowest BCUT2D eigenvalue weighted by Gasteiger charge is -2.19. The van der Waals surface area contributed by atoms with E-state index in [1.165, 1.54) is 7.11 Å². The van der Waals surface area contributed by atoms with Crippen LogP contribution in [0.15, 0.2) is 0 Å². The van der Waals surface area contributed by atoms with Gasteiger partial charge in [0.05, 0.1) is 13.0 Å². The van der Waals surface area contributed by atoms with Gasteiger partial charge in [-0.2, -0.15) is 0 Å². The van der Waals surface area contributed by atoms with Gasteiger partial charge in [0, 0.05) is 6.54 Å². The summed E-state index contributed by atoms with van der Waals surface area (Å²) in [5, 5.41) is 2.64. The molecule has 0 saturated heterocycles. The largest absolute Gasteiger partial charge is 0.469 e. The molecule has 0 radical (unpaired) electrons. The number of amides is 1. The molecule has 0 unspecified atom stereocenters. The Labute approximate surface area is 145 Å². The Morgan fingerprint density at radius 1 is 1.21 bits per heavy atom. The summed E-state index contributed by atoms with van der Waals surface area (Å²) >= 11 is 0. The smallest absolute Gasteiger partial charge is 0.407 e. The van der Waals surface area contributed by atoms with Crippen LogP contribution in [0.3, 0.4) is 0 Å². The van der Waals surface area contributed by atoms with Gasteiger partial charge in [-0.05, 0) is 64.2 Å². The average Bonchev–Trinajstić information content (AvgIpc) is 2.50. The van der Waals surface area contributed by atoms with E-state index < -0.39 is 11.7 Å². The van der Waals surface area contributed by atoms with E-state index >= 15 is 0 Å². The minimum Gasteiger partial charge on any atom is -0.469 e. The summed E-state index contributed by atoms with van der Waals surface area (Å²) in [4.78, 5) is 22.4. The Balaban J connectivity index is 0. The van der Waals surface area contributed by atoms with E-state index in [1.54, 1.807) is 13.8 Å². The molecule has 0 rings (SSSR count). The summed E-state index contributed by atoms with van der Waals surface area (Å²) in [7, 11) is 1.37. The van der Waals surface area contributed by atoms with E-state index in [0.29, 0.717) is 13.0 Å². The maximum Gasteiger partial charge on any atom is 0.407 e. The van der Waals surface area contributed by atoms with Crippen molar-refractivity contribution in [2.24, 2.45) is 5.92 Å². The highest BCUT2D eigenvalue weighted by Crippen LogP contribution is 2.08. The number of carbonyl (C=O) groups is 2. The van der Waals surface area contributed by atoms with Crippen LogP contribution in [0.1, 0.15) is 47.5 Å². The van der Waals surface area contributed by atoms with Crippen LogP contribution in [-0.2, 0) is 14.3 Å². The zero-order valence-corrected chi connectivity index (χ0v) is 15.4. The van der Waals surface area contributed by atoms with E-state index in [9.17, 15) is 9.59 Å². The zero-order valence-electron chi connectivity index (χ0n) is 15.4. The molecule has 0 bridgehead atoms. The van der Waals surface area contributed by atoms with Crippen molar-refractivity contribution in [2.75, 3.05) is 13.7 Å². The van der Waals surface area contributed by atoms with E-state index in [2.05, 4.69) is 39.7 Å². The summed E-state index contributed by atoms with van der Waals surface area (Å²) in [6.07, 6.45) is 5.75. The zero-order chi connectivity index (χ0) is 19.0. The van der Waals surface area contributed by atoms with Gasteiger partial charge in [0.2, 0.25) is 0 Å². The number of carbonyl (C=O) groups excluding carboxylic acids is 2.